The highest BCUT2D eigenvalue weighted by atomic mass is 35.5. The first-order valence-corrected chi connectivity index (χ1v) is 5.87. The molecule has 4 heteroatoms. The summed E-state index contributed by atoms with van der Waals surface area (Å²) in [6.45, 7) is 4.93. The number of carbonyl (C=O) groups is 1. The lowest BCUT2D eigenvalue weighted by atomic mass is 10.0. The number of benzene rings is 1. The van der Waals surface area contributed by atoms with Crippen molar-refractivity contribution in [2.45, 2.75) is 13.3 Å². The molecular formula is C13H19ClN2O. The molecule has 1 aliphatic heterocycles. The van der Waals surface area contributed by atoms with E-state index in [4.69, 9.17) is 0 Å². The first-order valence-electron chi connectivity index (χ1n) is 5.87. The van der Waals surface area contributed by atoms with Crippen molar-refractivity contribution in [3.63, 3.8) is 0 Å². The van der Waals surface area contributed by atoms with Crippen molar-refractivity contribution in [1.29, 1.82) is 0 Å². The molecule has 17 heavy (non-hydrogen) atoms. The maximum Gasteiger partial charge on any atom is 0.251 e. The van der Waals surface area contributed by atoms with Crippen LogP contribution in [0.25, 0.3) is 0 Å². The SMILES string of the molecule is CCc1ccc(C(=O)NCC2CNC2)cc1.Cl. The minimum absolute atomic E-state index is 0. The van der Waals surface area contributed by atoms with E-state index in [1.165, 1.54) is 5.56 Å². The Kier molecular flexibility index (Phi) is 5.45. The minimum atomic E-state index is 0. The summed E-state index contributed by atoms with van der Waals surface area (Å²) in [5.41, 5.74) is 2.02. The normalized spacial score (nSPS) is 14.6. The third kappa shape index (κ3) is 3.72. The third-order valence-electron chi connectivity index (χ3n) is 3.04. The van der Waals surface area contributed by atoms with E-state index in [2.05, 4.69) is 17.6 Å². The van der Waals surface area contributed by atoms with Crippen LogP contribution >= 0.6 is 12.4 Å². The predicted octanol–water partition coefficient (Wildman–Crippen LogP) is 1.62. The second-order valence-corrected chi connectivity index (χ2v) is 4.28. The van der Waals surface area contributed by atoms with E-state index >= 15 is 0 Å². The fraction of sp³-hybridized carbons (Fsp3) is 0.462. The molecule has 1 aliphatic rings. The van der Waals surface area contributed by atoms with Gasteiger partial charge in [-0.15, -0.1) is 12.4 Å². The van der Waals surface area contributed by atoms with Crippen molar-refractivity contribution in [3.8, 4) is 0 Å². The largest absolute Gasteiger partial charge is 0.352 e. The number of hydrogen-bond donors (Lipinski definition) is 2. The topological polar surface area (TPSA) is 41.1 Å². The van der Waals surface area contributed by atoms with Crippen LogP contribution in [-0.2, 0) is 6.42 Å². The van der Waals surface area contributed by atoms with Crippen LogP contribution in [0.15, 0.2) is 24.3 Å². The van der Waals surface area contributed by atoms with Gasteiger partial charge >= 0.3 is 0 Å². The molecule has 1 aromatic rings. The zero-order valence-corrected chi connectivity index (χ0v) is 10.8. The average Bonchev–Trinajstić information content (AvgIpc) is 2.27. The Morgan fingerprint density at radius 2 is 2.00 bits per heavy atom. The summed E-state index contributed by atoms with van der Waals surface area (Å²) in [6, 6.07) is 7.82. The highest BCUT2D eigenvalue weighted by Gasteiger charge is 2.17. The van der Waals surface area contributed by atoms with Crippen LogP contribution in [0.1, 0.15) is 22.8 Å². The Labute approximate surface area is 108 Å². The van der Waals surface area contributed by atoms with Gasteiger partial charge in [0.15, 0.2) is 0 Å². The summed E-state index contributed by atoms with van der Waals surface area (Å²) in [5, 5.41) is 6.15. The maximum absolute atomic E-state index is 11.8. The highest BCUT2D eigenvalue weighted by Crippen LogP contribution is 2.06. The van der Waals surface area contributed by atoms with Gasteiger partial charge in [0, 0.05) is 31.1 Å². The summed E-state index contributed by atoms with van der Waals surface area (Å²) in [6.07, 6.45) is 1.01. The van der Waals surface area contributed by atoms with Crippen LogP contribution < -0.4 is 10.6 Å². The van der Waals surface area contributed by atoms with Gasteiger partial charge < -0.3 is 10.6 Å². The van der Waals surface area contributed by atoms with Crippen LogP contribution in [0.3, 0.4) is 0 Å². The Morgan fingerprint density at radius 3 is 2.47 bits per heavy atom. The van der Waals surface area contributed by atoms with E-state index < -0.39 is 0 Å². The van der Waals surface area contributed by atoms with Crippen LogP contribution in [-0.4, -0.2) is 25.5 Å². The monoisotopic (exact) mass is 254 g/mol. The van der Waals surface area contributed by atoms with E-state index in [1.54, 1.807) is 0 Å². The van der Waals surface area contributed by atoms with Crippen LogP contribution in [0.4, 0.5) is 0 Å². The number of hydrogen-bond acceptors (Lipinski definition) is 2. The van der Waals surface area contributed by atoms with Crippen molar-refractivity contribution < 1.29 is 4.79 Å². The third-order valence-corrected chi connectivity index (χ3v) is 3.04. The van der Waals surface area contributed by atoms with Crippen LogP contribution in [0.2, 0.25) is 0 Å². The Morgan fingerprint density at radius 1 is 1.35 bits per heavy atom. The first kappa shape index (κ1) is 14.0. The predicted molar refractivity (Wildman–Crippen MR) is 71.8 cm³/mol. The van der Waals surface area contributed by atoms with Gasteiger partial charge in [-0.25, -0.2) is 0 Å². The fourth-order valence-corrected chi connectivity index (χ4v) is 1.72. The molecular weight excluding hydrogens is 236 g/mol. The smallest absolute Gasteiger partial charge is 0.251 e. The molecule has 0 aromatic heterocycles. The summed E-state index contributed by atoms with van der Waals surface area (Å²) in [7, 11) is 0. The average molecular weight is 255 g/mol. The zero-order chi connectivity index (χ0) is 11.4. The van der Waals surface area contributed by atoms with Crippen molar-refractivity contribution in [1.82, 2.24) is 10.6 Å². The number of rotatable bonds is 4. The lowest BCUT2D eigenvalue weighted by molar-refractivity contribution is 0.0942. The second kappa shape index (κ2) is 6.62. The van der Waals surface area contributed by atoms with Gasteiger partial charge in [0.05, 0.1) is 0 Å². The van der Waals surface area contributed by atoms with E-state index in [0.717, 1.165) is 31.6 Å². The molecule has 1 saturated heterocycles. The molecule has 1 fully saturated rings. The molecule has 3 nitrogen and oxygen atoms in total. The number of carbonyl (C=O) groups excluding carboxylic acids is 1. The van der Waals surface area contributed by atoms with Crippen LogP contribution in [0, 0.1) is 5.92 Å². The summed E-state index contributed by atoms with van der Waals surface area (Å²) in [5.74, 6) is 0.647. The molecule has 0 bridgehead atoms. The molecule has 1 heterocycles. The Bertz CT molecular complexity index is 360. The molecule has 2 N–H and O–H groups in total. The molecule has 0 unspecified atom stereocenters. The van der Waals surface area contributed by atoms with Crippen molar-refractivity contribution in [2.75, 3.05) is 19.6 Å². The molecule has 0 atom stereocenters. The van der Waals surface area contributed by atoms with Crippen molar-refractivity contribution in [2.24, 2.45) is 5.92 Å². The molecule has 2 rings (SSSR count). The van der Waals surface area contributed by atoms with Crippen LogP contribution in [0.5, 0.6) is 0 Å². The van der Waals surface area contributed by atoms with E-state index in [-0.39, 0.29) is 18.3 Å². The van der Waals surface area contributed by atoms with E-state index in [9.17, 15) is 4.79 Å². The zero-order valence-electron chi connectivity index (χ0n) is 10.0. The Hall–Kier alpha value is -1.06. The summed E-state index contributed by atoms with van der Waals surface area (Å²) in [4.78, 5) is 11.8. The quantitative estimate of drug-likeness (QED) is 0.857. The highest BCUT2D eigenvalue weighted by molar-refractivity contribution is 5.94. The molecule has 94 valence electrons. The maximum atomic E-state index is 11.8. The summed E-state index contributed by atoms with van der Waals surface area (Å²) < 4.78 is 0. The molecule has 0 saturated carbocycles. The van der Waals surface area contributed by atoms with Gasteiger partial charge in [0.1, 0.15) is 0 Å². The standard InChI is InChI=1S/C13H18N2O.ClH/c1-2-10-3-5-12(6-4-10)13(16)15-9-11-7-14-8-11;/h3-6,11,14H,2,7-9H2,1H3,(H,15,16);1H. The molecule has 0 aliphatic carbocycles. The second-order valence-electron chi connectivity index (χ2n) is 4.28. The molecule has 0 spiro atoms. The molecule has 0 radical (unpaired) electrons. The van der Waals surface area contributed by atoms with Crippen molar-refractivity contribution in [3.05, 3.63) is 35.4 Å². The lowest BCUT2D eigenvalue weighted by Gasteiger charge is -2.27. The number of amides is 1. The number of aryl methyl sites for hydroxylation is 1. The Balaban J connectivity index is 0.00000144. The van der Waals surface area contributed by atoms with Gasteiger partial charge in [-0.1, -0.05) is 19.1 Å². The van der Waals surface area contributed by atoms with Gasteiger partial charge in [0.25, 0.3) is 5.91 Å². The van der Waals surface area contributed by atoms with Gasteiger partial charge in [-0.2, -0.15) is 0 Å². The van der Waals surface area contributed by atoms with E-state index in [1.807, 2.05) is 24.3 Å². The fourth-order valence-electron chi connectivity index (χ4n) is 1.72. The van der Waals surface area contributed by atoms with E-state index in [0.29, 0.717) is 5.92 Å². The molecule has 1 aromatic carbocycles. The van der Waals surface area contributed by atoms with Gasteiger partial charge in [-0.3, -0.25) is 4.79 Å². The van der Waals surface area contributed by atoms with Crippen molar-refractivity contribution >= 4 is 18.3 Å². The minimum Gasteiger partial charge on any atom is -0.352 e. The lowest BCUT2D eigenvalue weighted by Crippen LogP contribution is -2.48. The summed E-state index contributed by atoms with van der Waals surface area (Å²) >= 11 is 0. The number of halogens is 1. The van der Waals surface area contributed by atoms with Gasteiger partial charge in [-0.05, 0) is 24.1 Å². The first-order chi connectivity index (χ1) is 7.79. The number of nitrogens with one attached hydrogen (secondary N) is 2. The van der Waals surface area contributed by atoms with Gasteiger partial charge in [0.2, 0.25) is 0 Å². The molecule has 1 amide bonds.